The summed E-state index contributed by atoms with van der Waals surface area (Å²) in [5.74, 6) is 0.722. The number of Topliss-reactive ketones (excluding diaryl/α,β-unsaturated/α-hetero) is 1. The highest BCUT2D eigenvalue weighted by atomic mass is 35.5. The molecule has 0 spiro atoms. The zero-order valence-corrected chi connectivity index (χ0v) is 12.8. The molecule has 4 heteroatoms. The summed E-state index contributed by atoms with van der Waals surface area (Å²) >= 11 is 12.2. The minimum atomic E-state index is -0.0220. The standard InChI is InChI=1S/C17H14Cl2O2/c18-15-5-2-6-16(19)14(15)10-17(20)11-3-1-4-13(9-11)21-12-7-8-12/h1-6,9,12H,7-8,10H2. The van der Waals surface area contributed by atoms with Gasteiger partial charge in [-0.3, -0.25) is 4.79 Å². The Balaban J connectivity index is 1.78. The summed E-state index contributed by atoms with van der Waals surface area (Å²) in [7, 11) is 0. The highest BCUT2D eigenvalue weighted by molar-refractivity contribution is 6.36. The molecule has 0 bridgehead atoms. The zero-order chi connectivity index (χ0) is 14.8. The largest absolute Gasteiger partial charge is 0.490 e. The summed E-state index contributed by atoms with van der Waals surface area (Å²) in [5.41, 5.74) is 1.28. The van der Waals surface area contributed by atoms with Crippen LogP contribution in [-0.2, 0) is 6.42 Å². The molecule has 2 nitrogen and oxygen atoms in total. The smallest absolute Gasteiger partial charge is 0.167 e. The normalized spacial score (nSPS) is 14.0. The number of ether oxygens (including phenoxy) is 1. The van der Waals surface area contributed by atoms with E-state index < -0.39 is 0 Å². The monoisotopic (exact) mass is 320 g/mol. The molecule has 1 aliphatic rings. The molecule has 108 valence electrons. The zero-order valence-electron chi connectivity index (χ0n) is 11.3. The van der Waals surface area contributed by atoms with Gasteiger partial charge in [0.2, 0.25) is 0 Å². The number of ketones is 1. The van der Waals surface area contributed by atoms with Crippen LogP contribution in [0.3, 0.4) is 0 Å². The van der Waals surface area contributed by atoms with Crippen LogP contribution in [0.15, 0.2) is 42.5 Å². The van der Waals surface area contributed by atoms with Gasteiger partial charge in [-0.15, -0.1) is 0 Å². The van der Waals surface area contributed by atoms with Crippen LogP contribution in [0.4, 0.5) is 0 Å². The summed E-state index contributed by atoms with van der Waals surface area (Å²) in [6.45, 7) is 0. The predicted molar refractivity (Wildman–Crippen MR) is 84.6 cm³/mol. The number of hydrogen-bond acceptors (Lipinski definition) is 2. The van der Waals surface area contributed by atoms with E-state index in [0.29, 0.717) is 27.3 Å². The van der Waals surface area contributed by atoms with E-state index in [4.69, 9.17) is 27.9 Å². The van der Waals surface area contributed by atoms with E-state index in [9.17, 15) is 4.79 Å². The number of carbonyl (C=O) groups excluding carboxylic acids is 1. The fourth-order valence-electron chi connectivity index (χ4n) is 2.09. The van der Waals surface area contributed by atoms with Crippen molar-refractivity contribution < 1.29 is 9.53 Å². The van der Waals surface area contributed by atoms with Crippen LogP contribution in [0.5, 0.6) is 5.75 Å². The summed E-state index contributed by atoms with van der Waals surface area (Å²) in [6.07, 6.45) is 2.68. The molecule has 0 unspecified atom stereocenters. The van der Waals surface area contributed by atoms with Gasteiger partial charge in [-0.05, 0) is 42.7 Å². The molecule has 21 heavy (non-hydrogen) atoms. The van der Waals surface area contributed by atoms with Crippen LogP contribution in [-0.4, -0.2) is 11.9 Å². The summed E-state index contributed by atoms with van der Waals surface area (Å²) in [4.78, 5) is 12.4. The molecule has 3 rings (SSSR count). The lowest BCUT2D eigenvalue weighted by atomic mass is 10.0. The Morgan fingerprint density at radius 2 is 1.76 bits per heavy atom. The van der Waals surface area contributed by atoms with E-state index in [2.05, 4.69) is 0 Å². The van der Waals surface area contributed by atoms with Gasteiger partial charge in [0.25, 0.3) is 0 Å². The molecule has 0 N–H and O–H groups in total. The second-order valence-electron chi connectivity index (χ2n) is 5.15. The van der Waals surface area contributed by atoms with Crippen LogP contribution in [0, 0.1) is 0 Å². The van der Waals surface area contributed by atoms with Gasteiger partial charge in [-0.1, -0.05) is 41.4 Å². The van der Waals surface area contributed by atoms with E-state index in [1.165, 1.54) is 0 Å². The van der Waals surface area contributed by atoms with E-state index in [1.54, 1.807) is 30.3 Å². The number of halogens is 2. The van der Waals surface area contributed by atoms with Crippen LogP contribution in [0.25, 0.3) is 0 Å². The minimum absolute atomic E-state index is 0.0220. The van der Waals surface area contributed by atoms with Gasteiger partial charge >= 0.3 is 0 Å². The fourth-order valence-corrected chi connectivity index (χ4v) is 2.62. The molecule has 1 fully saturated rings. The third-order valence-corrected chi connectivity index (χ3v) is 4.09. The molecule has 0 aliphatic heterocycles. The Morgan fingerprint density at radius 3 is 2.43 bits per heavy atom. The maximum Gasteiger partial charge on any atom is 0.167 e. The van der Waals surface area contributed by atoms with Crippen molar-refractivity contribution >= 4 is 29.0 Å². The Labute approximate surface area is 133 Å². The molecular weight excluding hydrogens is 307 g/mol. The molecule has 0 amide bonds. The maximum absolute atomic E-state index is 12.4. The van der Waals surface area contributed by atoms with Crippen molar-refractivity contribution in [1.29, 1.82) is 0 Å². The van der Waals surface area contributed by atoms with Crippen molar-refractivity contribution in [3.05, 3.63) is 63.6 Å². The molecule has 0 heterocycles. The highest BCUT2D eigenvalue weighted by Crippen LogP contribution is 2.28. The Hall–Kier alpha value is -1.51. The number of hydrogen-bond donors (Lipinski definition) is 0. The van der Waals surface area contributed by atoms with Gasteiger partial charge in [0.1, 0.15) is 5.75 Å². The Bertz CT molecular complexity index is 658. The van der Waals surface area contributed by atoms with Gasteiger partial charge < -0.3 is 4.74 Å². The average molecular weight is 321 g/mol. The lowest BCUT2D eigenvalue weighted by Crippen LogP contribution is -2.05. The van der Waals surface area contributed by atoms with Crippen molar-refractivity contribution in [2.45, 2.75) is 25.4 Å². The van der Waals surface area contributed by atoms with Gasteiger partial charge in [-0.2, -0.15) is 0 Å². The van der Waals surface area contributed by atoms with Crippen LogP contribution in [0.1, 0.15) is 28.8 Å². The van der Waals surface area contributed by atoms with E-state index in [0.717, 1.165) is 18.6 Å². The van der Waals surface area contributed by atoms with Gasteiger partial charge in [0.15, 0.2) is 5.78 Å². The van der Waals surface area contributed by atoms with Crippen molar-refractivity contribution in [3.8, 4) is 5.75 Å². The third kappa shape index (κ3) is 3.58. The van der Waals surface area contributed by atoms with Crippen LogP contribution >= 0.6 is 23.2 Å². The molecule has 1 aliphatic carbocycles. The van der Waals surface area contributed by atoms with Crippen molar-refractivity contribution in [3.63, 3.8) is 0 Å². The maximum atomic E-state index is 12.4. The second-order valence-corrected chi connectivity index (χ2v) is 5.96. The fraction of sp³-hybridized carbons (Fsp3) is 0.235. The quantitative estimate of drug-likeness (QED) is 0.728. The van der Waals surface area contributed by atoms with Crippen LogP contribution < -0.4 is 4.74 Å². The SMILES string of the molecule is O=C(Cc1c(Cl)cccc1Cl)c1cccc(OC2CC2)c1. The van der Waals surface area contributed by atoms with E-state index in [1.807, 2.05) is 12.1 Å². The van der Waals surface area contributed by atoms with Crippen molar-refractivity contribution in [2.75, 3.05) is 0 Å². The number of carbonyl (C=O) groups is 1. The summed E-state index contributed by atoms with van der Waals surface area (Å²) in [5, 5.41) is 1.03. The van der Waals surface area contributed by atoms with Gasteiger partial charge in [0, 0.05) is 22.0 Å². The molecule has 0 atom stereocenters. The lowest BCUT2D eigenvalue weighted by molar-refractivity contribution is 0.0992. The highest BCUT2D eigenvalue weighted by Gasteiger charge is 2.23. The Morgan fingerprint density at radius 1 is 1.10 bits per heavy atom. The third-order valence-electron chi connectivity index (χ3n) is 3.38. The summed E-state index contributed by atoms with van der Waals surface area (Å²) < 4.78 is 5.71. The second kappa shape index (κ2) is 6.08. The number of rotatable bonds is 5. The molecule has 0 radical (unpaired) electrons. The van der Waals surface area contributed by atoms with Crippen molar-refractivity contribution in [2.24, 2.45) is 0 Å². The molecular formula is C17H14Cl2O2. The molecule has 2 aromatic carbocycles. The summed E-state index contributed by atoms with van der Waals surface area (Å²) in [6, 6.07) is 12.5. The average Bonchev–Trinajstić information content (AvgIpc) is 3.27. The van der Waals surface area contributed by atoms with Crippen LogP contribution in [0.2, 0.25) is 10.0 Å². The van der Waals surface area contributed by atoms with E-state index in [-0.39, 0.29) is 12.2 Å². The topological polar surface area (TPSA) is 26.3 Å². The first kappa shape index (κ1) is 14.4. The van der Waals surface area contributed by atoms with Gasteiger partial charge in [-0.25, -0.2) is 0 Å². The molecule has 2 aromatic rings. The first-order chi connectivity index (χ1) is 10.1. The first-order valence-electron chi connectivity index (χ1n) is 6.86. The number of benzene rings is 2. The molecule has 1 saturated carbocycles. The van der Waals surface area contributed by atoms with Crippen molar-refractivity contribution in [1.82, 2.24) is 0 Å². The lowest BCUT2D eigenvalue weighted by Gasteiger charge is -2.08. The molecule has 0 saturated heterocycles. The Kier molecular flexibility index (Phi) is 4.18. The van der Waals surface area contributed by atoms with E-state index >= 15 is 0 Å². The predicted octanol–water partition coefficient (Wildman–Crippen LogP) is 4.96. The molecule has 0 aromatic heterocycles. The van der Waals surface area contributed by atoms with Gasteiger partial charge in [0.05, 0.1) is 6.10 Å². The first-order valence-corrected chi connectivity index (χ1v) is 7.62. The minimum Gasteiger partial charge on any atom is -0.490 e.